The van der Waals surface area contributed by atoms with E-state index in [4.69, 9.17) is 0 Å². The Morgan fingerprint density at radius 2 is 0.958 bits per heavy atom. The second-order valence-electron chi connectivity index (χ2n) is 5.60. The van der Waals surface area contributed by atoms with Gasteiger partial charge < -0.3 is 0 Å². The van der Waals surface area contributed by atoms with Gasteiger partial charge in [-0.15, -0.1) is 22.7 Å². The predicted molar refractivity (Wildman–Crippen MR) is 111 cm³/mol. The highest BCUT2D eigenvalue weighted by Gasteiger charge is 2.05. The molecule has 4 aromatic rings. The molecule has 2 heteroatoms. The molecule has 2 aromatic heterocycles. The predicted octanol–water partition coefficient (Wildman–Crippen LogP) is 7.94. The molecule has 0 radical (unpaired) electrons. The quantitative estimate of drug-likeness (QED) is 0.344. The van der Waals surface area contributed by atoms with E-state index in [0.29, 0.717) is 0 Å². The van der Waals surface area contributed by atoms with Crippen LogP contribution in [0.5, 0.6) is 0 Å². The molecule has 24 heavy (non-hydrogen) atoms. The molecule has 0 N–H and O–H groups in total. The molecule has 0 aliphatic rings. The maximum absolute atomic E-state index is 2.30. The monoisotopic (exact) mass is 350 g/mol. The van der Waals surface area contributed by atoms with E-state index < -0.39 is 0 Å². The summed E-state index contributed by atoms with van der Waals surface area (Å²) in [5.74, 6) is 0. The lowest BCUT2D eigenvalue weighted by Crippen LogP contribution is -1.78. The van der Waals surface area contributed by atoms with Crippen molar-refractivity contribution in [3.8, 4) is 20.9 Å². The Morgan fingerprint density at radius 1 is 0.542 bits per heavy atom. The SMILES string of the molecule is CC.Cc1ccc(-c2ccc3cc(-c4ccc(C)s4)ccc3c2)s1. The Bertz CT molecular complexity index is 877. The fourth-order valence-corrected chi connectivity index (χ4v) is 4.46. The highest BCUT2D eigenvalue weighted by atomic mass is 32.1. The molecule has 0 atom stereocenters. The molecular weight excluding hydrogens is 328 g/mol. The van der Waals surface area contributed by atoms with Gasteiger partial charge in [-0.05, 0) is 72.1 Å². The van der Waals surface area contributed by atoms with Crippen molar-refractivity contribution < 1.29 is 0 Å². The van der Waals surface area contributed by atoms with E-state index in [1.165, 1.54) is 41.4 Å². The first kappa shape index (κ1) is 16.9. The zero-order chi connectivity index (χ0) is 17.1. The second-order valence-corrected chi connectivity index (χ2v) is 8.17. The van der Waals surface area contributed by atoms with Crippen molar-refractivity contribution in [3.63, 3.8) is 0 Å². The molecule has 0 fully saturated rings. The first-order valence-corrected chi connectivity index (χ1v) is 10.00. The van der Waals surface area contributed by atoms with Crippen LogP contribution < -0.4 is 0 Å². The molecule has 0 amide bonds. The van der Waals surface area contributed by atoms with E-state index in [1.807, 2.05) is 36.5 Å². The van der Waals surface area contributed by atoms with E-state index >= 15 is 0 Å². The van der Waals surface area contributed by atoms with Crippen molar-refractivity contribution in [2.45, 2.75) is 27.7 Å². The van der Waals surface area contributed by atoms with Crippen molar-refractivity contribution >= 4 is 33.4 Å². The van der Waals surface area contributed by atoms with Crippen molar-refractivity contribution in [3.05, 3.63) is 70.4 Å². The summed E-state index contributed by atoms with van der Waals surface area (Å²) in [5.41, 5.74) is 2.62. The highest BCUT2D eigenvalue weighted by molar-refractivity contribution is 7.15. The van der Waals surface area contributed by atoms with Crippen molar-refractivity contribution in [1.82, 2.24) is 0 Å². The van der Waals surface area contributed by atoms with E-state index in [1.54, 1.807) is 0 Å². The normalized spacial score (nSPS) is 10.5. The van der Waals surface area contributed by atoms with Crippen LogP contribution in [0.3, 0.4) is 0 Å². The van der Waals surface area contributed by atoms with Gasteiger partial charge >= 0.3 is 0 Å². The molecule has 0 aliphatic carbocycles. The average molecular weight is 351 g/mol. The Kier molecular flexibility index (Phi) is 5.17. The molecule has 2 aromatic carbocycles. The minimum atomic E-state index is 1.31. The van der Waals surface area contributed by atoms with Gasteiger partial charge in [0, 0.05) is 19.5 Å². The summed E-state index contributed by atoms with van der Waals surface area (Å²) in [6, 6.07) is 22.3. The molecule has 0 saturated carbocycles. The number of aryl methyl sites for hydroxylation is 2. The summed E-state index contributed by atoms with van der Waals surface area (Å²) in [5, 5.41) is 2.61. The molecule has 0 spiro atoms. The summed E-state index contributed by atoms with van der Waals surface area (Å²) < 4.78 is 0. The summed E-state index contributed by atoms with van der Waals surface area (Å²) >= 11 is 3.71. The van der Waals surface area contributed by atoms with Gasteiger partial charge in [0.05, 0.1) is 0 Å². The fourth-order valence-electron chi connectivity index (χ4n) is 2.73. The molecule has 2 heterocycles. The fraction of sp³-hybridized carbons (Fsp3) is 0.182. The third-order valence-electron chi connectivity index (χ3n) is 3.89. The first-order valence-electron chi connectivity index (χ1n) is 8.36. The third kappa shape index (κ3) is 3.45. The van der Waals surface area contributed by atoms with E-state index in [2.05, 4.69) is 74.5 Å². The van der Waals surface area contributed by atoms with Crippen LogP contribution in [-0.4, -0.2) is 0 Å². The molecule has 4 rings (SSSR count). The maximum Gasteiger partial charge on any atom is 0.0345 e. The van der Waals surface area contributed by atoms with Crippen molar-refractivity contribution in [1.29, 1.82) is 0 Å². The number of rotatable bonds is 2. The molecule has 122 valence electrons. The molecule has 0 bridgehead atoms. The molecule has 0 saturated heterocycles. The van der Waals surface area contributed by atoms with Gasteiger partial charge in [-0.1, -0.05) is 38.1 Å². The topological polar surface area (TPSA) is 0 Å². The summed E-state index contributed by atoms with van der Waals surface area (Å²) in [6.45, 7) is 8.31. The van der Waals surface area contributed by atoms with Crippen LogP contribution in [0.1, 0.15) is 23.6 Å². The summed E-state index contributed by atoms with van der Waals surface area (Å²) in [7, 11) is 0. The van der Waals surface area contributed by atoms with E-state index in [9.17, 15) is 0 Å². The van der Waals surface area contributed by atoms with Gasteiger partial charge in [0.1, 0.15) is 0 Å². The minimum Gasteiger partial charge on any atom is -0.141 e. The lowest BCUT2D eigenvalue weighted by Gasteiger charge is -2.04. The molecule has 0 nitrogen and oxygen atoms in total. The van der Waals surface area contributed by atoms with Crippen molar-refractivity contribution in [2.75, 3.05) is 0 Å². The lowest BCUT2D eigenvalue weighted by atomic mass is 10.0. The Labute approximate surface area is 152 Å². The van der Waals surface area contributed by atoms with Crippen LogP contribution >= 0.6 is 22.7 Å². The zero-order valence-corrected chi connectivity index (χ0v) is 16.2. The third-order valence-corrected chi connectivity index (χ3v) is 5.99. The van der Waals surface area contributed by atoms with Crippen LogP contribution in [-0.2, 0) is 0 Å². The maximum atomic E-state index is 2.30. The van der Waals surface area contributed by atoms with Gasteiger partial charge in [-0.25, -0.2) is 0 Å². The number of benzene rings is 2. The molecular formula is C22H22S2. The lowest BCUT2D eigenvalue weighted by molar-refractivity contribution is 1.50. The highest BCUT2D eigenvalue weighted by Crippen LogP contribution is 2.33. The number of hydrogen-bond acceptors (Lipinski definition) is 2. The first-order chi connectivity index (χ1) is 11.7. The van der Waals surface area contributed by atoms with E-state index in [-0.39, 0.29) is 0 Å². The molecule has 0 aliphatic heterocycles. The van der Waals surface area contributed by atoms with Crippen LogP contribution in [0, 0.1) is 13.8 Å². The number of thiophene rings is 2. The molecule has 0 unspecified atom stereocenters. The second kappa shape index (κ2) is 7.33. The largest absolute Gasteiger partial charge is 0.141 e. The zero-order valence-electron chi connectivity index (χ0n) is 14.6. The summed E-state index contributed by atoms with van der Waals surface area (Å²) in [6.07, 6.45) is 0. The number of hydrogen-bond donors (Lipinski definition) is 0. The van der Waals surface area contributed by atoms with Gasteiger partial charge in [-0.3, -0.25) is 0 Å². The Hall–Kier alpha value is -1.90. The van der Waals surface area contributed by atoms with Crippen LogP contribution in [0.25, 0.3) is 31.7 Å². The van der Waals surface area contributed by atoms with Gasteiger partial charge in [0.15, 0.2) is 0 Å². The average Bonchev–Trinajstić information content (AvgIpc) is 3.24. The standard InChI is InChI=1S/C20H16S2.C2H6/c1-13-3-9-19(21-13)17-7-5-16-12-18(8-6-15(16)11-17)20-10-4-14(2)22-20;1-2/h3-12H,1-2H3;1-2H3. The smallest absolute Gasteiger partial charge is 0.0345 e. The Balaban J connectivity index is 0.000000815. The van der Waals surface area contributed by atoms with Gasteiger partial charge in [0.2, 0.25) is 0 Å². The van der Waals surface area contributed by atoms with Gasteiger partial charge in [-0.2, -0.15) is 0 Å². The minimum absolute atomic E-state index is 1.31. The van der Waals surface area contributed by atoms with Gasteiger partial charge in [0.25, 0.3) is 0 Å². The van der Waals surface area contributed by atoms with Crippen LogP contribution in [0.2, 0.25) is 0 Å². The van der Waals surface area contributed by atoms with Crippen LogP contribution in [0.15, 0.2) is 60.7 Å². The van der Waals surface area contributed by atoms with E-state index in [0.717, 1.165) is 0 Å². The van der Waals surface area contributed by atoms with Crippen LogP contribution in [0.4, 0.5) is 0 Å². The Morgan fingerprint density at radius 3 is 1.29 bits per heavy atom. The summed E-state index contributed by atoms with van der Waals surface area (Å²) in [4.78, 5) is 5.41. The van der Waals surface area contributed by atoms with Crippen molar-refractivity contribution in [2.24, 2.45) is 0 Å². The number of fused-ring (bicyclic) bond motifs is 1.